The third kappa shape index (κ3) is 11.0. The highest BCUT2D eigenvalue weighted by atomic mass is 16.5. The summed E-state index contributed by atoms with van der Waals surface area (Å²) in [6.07, 6.45) is 0.813. The third-order valence-electron chi connectivity index (χ3n) is 1.86. The molecule has 0 aromatic heterocycles. The summed E-state index contributed by atoms with van der Waals surface area (Å²) in [5.41, 5.74) is 0. The number of nitrogens with zero attached hydrogens (tertiary/aromatic N) is 1. The van der Waals surface area contributed by atoms with Crippen LogP contribution in [0.25, 0.3) is 0 Å². The summed E-state index contributed by atoms with van der Waals surface area (Å²) < 4.78 is 10.5. The second kappa shape index (κ2) is 7.22. The number of likely N-dealkylation sites (N-methyl/N-ethyl adjacent to an activating group) is 1. The number of hydrogen-bond acceptors (Lipinski definition) is 4. The van der Waals surface area contributed by atoms with Crippen LogP contribution in [0.15, 0.2) is 0 Å². The van der Waals surface area contributed by atoms with Gasteiger partial charge in [-0.15, -0.1) is 0 Å². The average Bonchev–Trinajstić information content (AvgIpc) is 2.10. The molecular formula is C11H22NO4+. The Morgan fingerprint density at radius 2 is 1.69 bits per heavy atom. The van der Waals surface area contributed by atoms with E-state index in [1.807, 2.05) is 21.1 Å². The molecular weight excluding hydrogens is 210 g/mol. The molecule has 0 amide bonds. The first-order chi connectivity index (χ1) is 7.31. The predicted molar refractivity (Wildman–Crippen MR) is 59.7 cm³/mol. The van der Waals surface area contributed by atoms with Gasteiger partial charge in [0.05, 0.1) is 27.7 Å². The number of carbonyl (C=O) groups excluding carboxylic acids is 2. The minimum Gasteiger partial charge on any atom is -0.466 e. The first-order valence-corrected chi connectivity index (χ1v) is 5.41. The van der Waals surface area contributed by atoms with E-state index in [4.69, 9.17) is 9.47 Å². The van der Waals surface area contributed by atoms with Crippen molar-refractivity contribution in [3.8, 4) is 0 Å². The SMILES string of the molecule is CC(=O)OCCCC(=O)OCC[N+](C)(C)C. The minimum atomic E-state index is -0.321. The highest BCUT2D eigenvalue weighted by Gasteiger charge is 2.09. The van der Waals surface area contributed by atoms with Crippen LogP contribution in [0.4, 0.5) is 0 Å². The van der Waals surface area contributed by atoms with Gasteiger partial charge in [-0.3, -0.25) is 9.59 Å². The van der Waals surface area contributed by atoms with Crippen molar-refractivity contribution < 1.29 is 23.5 Å². The van der Waals surface area contributed by atoms with Crippen molar-refractivity contribution in [2.45, 2.75) is 19.8 Å². The fourth-order valence-electron chi connectivity index (χ4n) is 0.938. The molecule has 0 radical (unpaired) electrons. The van der Waals surface area contributed by atoms with E-state index in [-0.39, 0.29) is 18.5 Å². The molecule has 0 rings (SSSR count). The number of hydrogen-bond donors (Lipinski definition) is 0. The monoisotopic (exact) mass is 232 g/mol. The zero-order chi connectivity index (χ0) is 12.6. The predicted octanol–water partition coefficient (Wildman–Crippen LogP) is 0.579. The molecule has 0 saturated heterocycles. The van der Waals surface area contributed by atoms with Gasteiger partial charge >= 0.3 is 11.9 Å². The molecule has 0 saturated carbocycles. The second-order valence-electron chi connectivity index (χ2n) is 4.68. The molecule has 0 aliphatic heterocycles. The van der Waals surface area contributed by atoms with E-state index in [9.17, 15) is 9.59 Å². The van der Waals surface area contributed by atoms with E-state index in [1.165, 1.54) is 6.92 Å². The van der Waals surface area contributed by atoms with E-state index >= 15 is 0 Å². The molecule has 0 unspecified atom stereocenters. The Morgan fingerprint density at radius 3 is 2.19 bits per heavy atom. The lowest BCUT2D eigenvalue weighted by atomic mass is 10.3. The molecule has 5 heteroatoms. The molecule has 0 N–H and O–H groups in total. The van der Waals surface area contributed by atoms with Gasteiger partial charge in [-0.05, 0) is 6.42 Å². The second-order valence-corrected chi connectivity index (χ2v) is 4.68. The van der Waals surface area contributed by atoms with Gasteiger partial charge in [0.15, 0.2) is 0 Å². The number of quaternary nitrogens is 1. The zero-order valence-electron chi connectivity index (χ0n) is 10.6. The molecule has 94 valence electrons. The molecule has 0 aliphatic carbocycles. The van der Waals surface area contributed by atoms with Crippen LogP contribution in [-0.4, -0.2) is 57.3 Å². The number of rotatable bonds is 7. The Labute approximate surface area is 96.9 Å². The summed E-state index contributed by atoms with van der Waals surface area (Å²) >= 11 is 0. The Hall–Kier alpha value is -1.10. The zero-order valence-corrected chi connectivity index (χ0v) is 10.6. The Bertz CT molecular complexity index is 233. The van der Waals surface area contributed by atoms with E-state index in [0.29, 0.717) is 19.4 Å². The van der Waals surface area contributed by atoms with Crippen LogP contribution < -0.4 is 0 Å². The lowest BCUT2D eigenvalue weighted by molar-refractivity contribution is -0.870. The van der Waals surface area contributed by atoms with Crippen molar-refractivity contribution in [2.75, 3.05) is 40.9 Å². The highest BCUT2D eigenvalue weighted by Crippen LogP contribution is 1.96. The molecule has 0 atom stereocenters. The molecule has 0 aliphatic rings. The van der Waals surface area contributed by atoms with Crippen LogP contribution in [-0.2, 0) is 19.1 Å². The normalized spacial score (nSPS) is 11.0. The van der Waals surface area contributed by atoms with E-state index in [2.05, 4.69) is 0 Å². The minimum absolute atomic E-state index is 0.236. The number of carbonyl (C=O) groups is 2. The molecule has 0 fully saturated rings. The Morgan fingerprint density at radius 1 is 1.06 bits per heavy atom. The van der Waals surface area contributed by atoms with Crippen molar-refractivity contribution >= 4 is 11.9 Å². The number of esters is 2. The van der Waals surface area contributed by atoms with Gasteiger partial charge in [0.25, 0.3) is 0 Å². The maximum Gasteiger partial charge on any atom is 0.306 e. The summed E-state index contributed by atoms with van der Waals surface area (Å²) in [6, 6.07) is 0. The summed E-state index contributed by atoms with van der Waals surface area (Å²) in [6.45, 7) is 2.84. The molecule has 16 heavy (non-hydrogen) atoms. The fraction of sp³-hybridized carbons (Fsp3) is 0.818. The standard InChI is InChI=1S/C11H22NO4/c1-10(13)15-8-5-6-11(14)16-9-7-12(2,3)4/h5-9H2,1-4H3/q+1. The van der Waals surface area contributed by atoms with Gasteiger partial charge < -0.3 is 14.0 Å². The van der Waals surface area contributed by atoms with Crippen molar-refractivity contribution in [1.82, 2.24) is 0 Å². The molecule has 0 bridgehead atoms. The van der Waals surface area contributed by atoms with Crippen LogP contribution in [0, 0.1) is 0 Å². The van der Waals surface area contributed by atoms with Crippen LogP contribution in [0.2, 0.25) is 0 Å². The van der Waals surface area contributed by atoms with Gasteiger partial charge in [-0.2, -0.15) is 0 Å². The molecule has 0 heterocycles. The topological polar surface area (TPSA) is 52.6 Å². The Balaban J connectivity index is 3.42. The molecule has 0 aromatic rings. The van der Waals surface area contributed by atoms with Gasteiger partial charge in [-0.25, -0.2) is 0 Å². The largest absolute Gasteiger partial charge is 0.466 e. The van der Waals surface area contributed by atoms with Crippen molar-refractivity contribution in [3.05, 3.63) is 0 Å². The summed E-state index contributed by atoms with van der Waals surface area (Å²) in [5, 5.41) is 0. The smallest absolute Gasteiger partial charge is 0.306 e. The summed E-state index contributed by atoms with van der Waals surface area (Å²) in [5.74, 6) is -0.556. The van der Waals surface area contributed by atoms with Crippen LogP contribution in [0.1, 0.15) is 19.8 Å². The summed E-state index contributed by atoms with van der Waals surface area (Å²) in [7, 11) is 6.11. The van der Waals surface area contributed by atoms with Gasteiger partial charge in [0.2, 0.25) is 0 Å². The highest BCUT2D eigenvalue weighted by molar-refractivity contribution is 5.69. The van der Waals surface area contributed by atoms with Gasteiger partial charge in [0.1, 0.15) is 13.2 Å². The van der Waals surface area contributed by atoms with Crippen molar-refractivity contribution in [2.24, 2.45) is 0 Å². The van der Waals surface area contributed by atoms with E-state index in [1.54, 1.807) is 0 Å². The van der Waals surface area contributed by atoms with E-state index < -0.39 is 0 Å². The van der Waals surface area contributed by atoms with Gasteiger partial charge in [0, 0.05) is 13.3 Å². The summed E-state index contributed by atoms with van der Waals surface area (Å²) in [4.78, 5) is 21.6. The van der Waals surface area contributed by atoms with Gasteiger partial charge in [-0.1, -0.05) is 0 Å². The number of ether oxygens (including phenoxy) is 2. The van der Waals surface area contributed by atoms with Crippen molar-refractivity contribution in [1.29, 1.82) is 0 Å². The first-order valence-electron chi connectivity index (χ1n) is 5.41. The Kier molecular flexibility index (Phi) is 6.72. The maximum absolute atomic E-state index is 11.2. The lowest BCUT2D eigenvalue weighted by Crippen LogP contribution is -2.38. The average molecular weight is 232 g/mol. The van der Waals surface area contributed by atoms with Crippen molar-refractivity contribution in [3.63, 3.8) is 0 Å². The molecule has 5 nitrogen and oxygen atoms in total. The van der Waals surface area contributed by atoms with Crippen LogP contribution in [0.3, 0.4) is 0 Å². The molecule has 0 spiro atoms. The van der Waals surface area contributed by atoms with Crippen LogP contribution in [0.5, 0.6) is 0 Å². The quantitative estimate of drug-likeness (QED) is 0.366. The third-order valence-corrected chi connectivity index (χ3v) is 1.86. The maximum atomic E-state index is 11.2. The fourth-order valence-corrected chi connectivity index (χ4v) is 0.938. The first kappa shape index (κ1) is 14.9. The van der Waals surface area contributed by atoms with Crippen LogP contribution >= 0.6 is 0 Å². The van der Waals surface area contributed by atoms with E-state index in [0.717, 1.165) is 11.0 Å². The molecule has 0 aromatic carbocycles. The lowest BCUT2D eigenvalue weighted by Gasteiger charge is -2.23.